The SMILES string of the molecule is COC1CC(C(=O)O)N(C(=O)C2CCN(C(=O)c3ccc(F)cc3F)CC2)C1. The molecule has 0 bridgehead atoms. The van der Waals surface area contributed by atoms with Gasteiger partial charge in [0.05, 0.1) is 11.7 Å². The van der Waals surface area contributed by atoms with Crippen molar-refractivity contribution in [3.63, 3.8) is 0 Å². The Morgan fingerprint density at radius 2 is 1.86 bits per heavy atom. The molecule has 9 heteroatoms. The fourth-order valence-electron chi connectivity index (χ4n) is 3.84. The summed E-state index contributed by atoms with van der Waals surface area (Å²) in [5, 5.41) is 9.37. The second kappa shape index (κ2) is 8.22. The smallest absolute Gasteiger partial charge is 0.326 e. The minimum atomic E-state index is -1.06. The largest absolute Gasteiger partial charge is 0.480 e. The van der Waals surface area contributed by atoms with Crippen LogP contribution < -0.4 is 0 Å². The number of methoxy groups -OCH3 is 1. The molecular weight excluding hydrogens is 374 g/mol. The summed E-state index contributed by atoms with van der Waals surface area (Å²) in [6.07, 6.45) is 0.647. The van der Waals surface area contributed by atoms with Gasteiger partial charge >= 0.3 is 5.97 Å². The molecule has 2 amide bonds. The van der Waals surface area contributed by atoms with Crippen molar-refractivity contribution >= 4 is 17.8 Å². The van der Waals surface area contributed by atoms with Crippen molar-refractivity contribution in [2.45, 2.75) is 31.4 Å². The number of hydrogen-bond donors (Lipinski definition) is 1. The van der Waals surface area contributed by atoms with Crippen molar-refractivity contribution in [1.82, 2.24) is 9.80 Å². The van der Waals surface area contributed by atoms with Crippen LogP contribution in [0.4, 0.5) is 8.78 Å². The molecule has 2 fully saturated rings. The maximum Gasteiger partial charge on any atom is 0.326 e. The summed E-state index contributed by atoms with van der Waals surface area (Å²) in [4.78, 5) is 39.5. The number of benzene rings is 1. The molecule has 0 spiro atoms. The van der Waals surface area contributed by atoms with Crippen LogP contribution >= 0.6 is 0 Å². The van der Waals surface area contributed by atoms with Crippen molar-refractivity contribution in [2.75, 3.05) is 26.7 Å². The Bertz CT molecular complexity index is 780. The first kappa shape index (κ1) is 20.2. The van der Waals surface area contributed by atoms with Gasteiger partial charge in [-0.3, -0.25) is 9.59 Å². The maximum absolute atomic E-state index is 13.8. The summed E-state index contributed by atoms with van der Waals surface area (Å²) in [6, 6.07) is 1.88. The van der Waals surface area contributed by atoms with E-state index in [1.807, 2.05) is 0 Å². The third-order valence-corrected chi connectivity index (χ3v) is 5.46. The molecular formula is C19H22F2N2O5. The van der Waals surface area contributed by atoms with Crippen LogP contribution in [0.1, 0.15) is 29.6 Å². The fraction of sp³-hybridized carbons (Fsp3) is 0.526. The van der Waals surface area contributed by atoms with Crippen molar-refractivity contribution in [1.29, 1.82) is 0 Å². The van der Waals surface area contributed by atoms with Gasteiger partial charge in [-0.05, 0) is 25.0 Å². The lowest BCUT2D eigenvalue weighted by Gasteiger charge is -2.34. The lowest BCUT2D eigenvalue weighted by Crippen LogP contribution is -2.47. The number of hydrogen-bond acceptors (Lipinski definition) is 4. The summed E-state index contributed by atoms with van der Waals surface area (Å²) in [6.45, 7) is 0.711. The number of ether oxygens (including phenoxy) is 1. The number of carbonyl (C=O) groups is 3. The van der Waals surface area contributed by atoms with E-state index in [2.05, 4.69) is 0 Å². The van der Waals surface area contributed by atoms with E-state index >= 15 is 0 Å². The number of halogens is 2. The predicted octanol–water partition coefficient (Wildman–Crippen LogP) is 1.52. The average Bonchev–Trinajstić information content (AvgIpc) is 3.12. The van der Waals surface area contributed by atoms with Gasteiger partial charge in [-0.15, -0.1) is 0 Å². The Hall–Kier alpha value is -2.55. The normalized spacial score (nSPS) is 23.1. The van der Waals surface area contributed by atoms with Gasteiger partial charge in [-0.1, -0.05) is 0 Å². The first-order valence-corrected chi connectivity index (χ1v) is 9.12. The van der Waals surface area contributed by atoms with Crippen LogP contribution in [0.5, 0.6) is 0 Å². The third kappa shape index (κ3) is 3.99. The van der Waals surface area contributed by atoms with Crippen LogP contribution in [0, 0.1) is 17.6 Å². The van der Waals surface area contributed by atoms with E-state index in [4.69, 9.17) is 4.74 Å². The molecule has 2 atom stereocenters. The molecule has 1 aromatic carbocycles. The fourth-order valence-corrected chi connectivity index (χ4v) is 3.84. The molecule has 1 N–H and O–H groups in total. The van der Waals surface area contributed by atoms with Crippen LogP contribution in [-0.2, 0) is 14.3 Å². The first-order chi connectivity index (χ1) is 13.3. The van der Waals surface area contributed by atoms with Gasteiger partial charge in [0, 0.05) is 45.1 Å². The summed E-state index contributed by atoms with van der Waals surface area (Å²) < 4.78 is 32.1. The number of aliphatic carboxylic acids is 1. The number of nitrogens with zero attached hydrogens (tertiary/aromatic N) is 2. The van der Waals surface area contributed by atoms with Gasteiger partial charge in [0.25, 0.3) is 5.91 Å². The second-order valence-electron chi connectivity index (χ2n) is 7.13. The zero-order valence-electron chi connectivity index (χ0n) is 15.4. The van der Waals surface area contributed by atoms with Crippen molar-refractivity contribution in [3.05, 3.63) is 35.4 Å². The molecule has 1 aromatic rings. The summed E-state index contributed by atoms with van der Waals surface area (Å²) in [5.41, 5.74) is -0.209. The van der Waals surface area contributed by atoms with Crippen LogP contribution in [0.3, 0.4) is 0 Å². The van der Waals surface area contributed by atoms with Gasteiger partial charge in [-0.25, -0.2) is 13.6 Å². The summed E-state index contributed by atoms with van der Waals surface area (Å²) in [7, 11) is 1.48. The molecule has 2 saturated heterocycles. The maximum atomic E-state index is 13.8. The van der Waals surface area contributed by atoms with Crippen LogP contribution in [0.2, 0.25) is 0 Å². The lowest BCUT2D eigenvalue weighted by molar-refractivity contribution is -0.150. The van der Waals surface area contributed by atoms with Gasteiger partial charge in [0.1, 0.15) is 17.7 Å². The van der Waals surface area contributed by atoms with Gasteiger partial charge in [-0.2, -0.15) is 0 Å². The number of rotatable bonds is 4. The van der Waals surface area contributed by atoms with E-state index in [-0.39, 0.29) is 43.6 Å². The molecule has 28 heavy (non-hydrogen) atoms. The number of likely N-dealkylation sites (tertiary alicyclic amines) is 2. The molecule has 2 aliphatic heterocycles. The lowest BCUT2D eigenvalue weighted by atomic mass is 9.94. The molecule has 2 unspecified atom stereocenters. The molecule has 0 saturated carbocycles. The molecule has 0 aromatic heterocycles. The molecule has 2 aliphatic rings. The highest BCUT2D eigenvalue weighted by atomic mass is 19.1. The van der Waals surface area contributed by atoms with E-state index in [1.165, 1.54) is 16.9 Å². The average molecular weight is 396 g/mol. The molecule has 7 nitrogen and oxygen atoms in total. The van der Waals surface area contributed by atoms with Crippen LogP contribution in [0.25, 0.3) is 0 Å². The van der Waals surface area contributed by atoms with Gasteiger partial charge < -0.3 is 19.6 Å². The van der Waals surface area contributed by atoms with Gasteiger partial charge in [0.15, 0.2) is 0 Å². The van der Waals surface area contributed by atoms with Gasteiger partial charge in [0.2, 0.25) is 5.91 Å². The Kier molecular flexibility index (Phi) is 5.93. The second-order valence-corrected chi connectivity index (χ2v) is 7.13. The van der Waals surface area contributed by atoms with E-state index < -0.39 is 35.5 Å². The van der Waals surface area contributed by atoms with E-state index in [0.717, 1.165) is 12.1 Å². The minimum absolute atomic E-state index is 0.209. The minimum Gasteiger partial charge on any atom is -0.480 e. The monoisotopic (exact) mass is 396 g/mol. The van der Waals surface area contributed by atoms with Crippen molar-refractivity contribution < 1.29 is 33.0 Å². The summed E-state index contributed by atoms with van der Waals surface area (Å²) >= 11 is 0. The molecule has 2 heterocycles. The number of amides is 2. The van der Waals surface area contributed by atoms with E-state index in [0.29, 0.717) is 18.9 Å². The summed E-state index contributed by atoms with van der Waals surface area (Å²) in [5.74, 6) is -3.95. The Morgan fingerprint density at radius 3 is 2.43 bits per heavy atom. The highest BCUT2D eigenvalue weighted by Gasteiger charge is 2.42. The molecule has 0 aliphatic carbocycles. The van der Waals surface area contributed by atoms with Crippen molar-refractivity contribution in [2.24, 2.45) is 5.92 Å². The predicted molar refractivity (Wildman–Crippen MR) is 93.5 cm³/mol. The highest BCUT2D eigenvalue weighted by molar-refractivity contribution is 5.94. The first-order valence-electron chi connectivity index (χ1n) is 9.12. The Morgan fingerprint density at radius 1 is 1.18 bits per heavy atom. The van der Waals surface area contributed by atoms with Crippen LogP contribution in [0.15, 0.2) is 18.2 Å². The molecule has 152 valence electrons. The number of carboxylic acids is 1. The standard InChI is InChI=1S/C19H22F2N2O5/c1-28-13-9-16(19(26)27)23(10-13)17(24)11-4-6-22(7-5-11)18(25)14-3-2-12(20)8-15(14)21/h2-3,8,11,13,16H,4-7,9-10H2,1H3,(H,26,27). The quantitative estimate of drug-likeness (QED) is 0.834. The van der Waals surface area contributed by atoms with Crippen molar-refractivity contribution in [3.8, 4) is 0 Å². The van der Waals surface area contributed by atoms with E-state index in [1.54, 1.807) is 0 Å². The Labute approximate surface area is 160 Å². The Balaban J connectivity index is 1.62. The topological polar surface area (TPSA) is 87.2 Å². The number of piperidine rings is 1. The number of carboxylic acid groups (broad SMARTS) is 1. The molecule has 0 radical (unpaired) electrons. The van der Waals surface area contributed by atoms with E-state index in [9.17, 15) is 28.3 Å². The highest BCUT2D eigenvalue weighted by Crippen LogP contribution is 2.27. The number of carbonyl (C=O) groups excluding carboxylic acids is 2. The zero-order valence-corrected chi connectivity index (χ0v) is 15.4. The van der Waals surface area contributed by atoms with Crippen LogP contribution in [-0.4, -0.2) is 71.6 Å². The zero-order chi connectivity index (χ0) is 20.4. The molecule has 3 rings (SSSR count). The third-order valence-electron chi connectivity index (χ3n) is 5.46.